The third-order valence-corrected chi connectivity index (χ3v) is 3.59. The summed E-state index contributed by atoms with van der Waals surface area (Å²) < 4.78 is 15.7. The highest BCUT2D eigenvalue weighted by Gasteiger charge is 2.11. The van der Waals surface area contributed by atoms with E-state index >= 15 is 0 Å². The first-order valence-electron chi connectivity index (χ1n) is 8.38. The van der Waals surface area contributed by atoms with Gasteiger partial charge in [0.25, 0.3) is 0 Å². The maximum absolute atomic E-state index is 11.9. The summed E-state index contributed by atoms with van der Waals surface area (Å²) >= 11 is 0. The molecule has 0 aliphatic rings. The van der Waals surface area contributed by atoms with Crippen LogP contribution in [0.25, 0.3) is 11.4 Å². The molecule has 1 N–H and O–H groups in total. The maximum Gasteiger partial charge on any atom is 0.227 e. The predicted molar refractivity (Wildman–Crippen MR) is 92.3 cm³/mol. The minimum absolute atomic E-state index is 0.125. The largest absolute Gasteiger partial charge is 0.494 e. The molecule has 0 spiro atoms. The van der Waals surface area contributed by atoms with Crippen molar-refractivity contribution >= 4 is 5.91 Å². The quantitative estimate of drug-likeness (QED) is 0.662. The van der Waals surface area contributed by atoms with Crippen LogP contribution >= 0.6 is 0 Å². The highest BCUT2D eigenvalue weighted by molar-refractivity contribution is 5.75. The van der Waals surface area contributed by atoms with E-state index < -0.39 is 0 Å². The van der Waals surface area contributed by atoms with Crippen molar-refractivity contribution in [2.24, 2.45) is 0 Å². The molecule has 1 aromatic carbocycles. The standard InChI is InChI=1S/C18H20N4O4/c1-3-24-14-6-4-13(5-7-14)18-20-17(26-22-18)9-8-16(23)19-11-15-10-12(2)21-25-15/h4-7,10H,3,8-9,11H2,1-2H3,(H,19,23). The SMILES string of the molecule is CCOc1ccc(-c2noc(CCC(=O)NCc3cc(C)no3)n2)cc1. The van der Waals surface area contributed by atoms with Gasteiger partial charge in [-0.1, -0.05) is 10.3 Å². The summed E-state index contributed by atoms with van der Waals surface area (Å²) in [7, 11) is 0. The second-order valence-corrected chi connectivity index (χ2v) is 5.68. The summed E-state index contributed by atoms with van der Waals surface area (Å²) in [6.07, 6.45) is 0.614. The molecule has 0 bridgehead atoms. The highest BCUT2D eigenvalue weighted by Crippen LogP contribution is 2.20. The second-order valence-electron chi connectivity index (χ2n) is 5.68. The normalized spacial score (nSPS) is 10.7. The lowest BCUT2D eigenvalue weighted by Crippen LogP contribution is -2.22. The molecule has 0 saturated heterocycles. The Balaban J connectivity index is 1.49. The van der Waals surface area contributed by atoms with E-state index in [4.69, 9.17) is 13.8 Å². The molecule has 0 radical (unpaired) electrons. The first-order chi connectivity index (χ1) is 12.6. The summed E-state index contributed by atoms with van der Waals surface area (Å²) in [5.74, 6) is 2.19. The number of amides is 1. The van der Waals surface area contributed by atoms with Crippen molar-refractivity contribution in [1.82, 2.24) is 20.6 Å². The van der Waals surface area contributed by atoms with Gasteiger partial charge in [-0.3, -0.25) is 4.79 Å². The van der Waals surface area contributed by atoms with E-state index in [9.17, 15) is 4.79 Å². The van der Waals surface area contributed by atoms with E-state index in [1.807, 2.05) is 38.1 Å². The van der Waals surface area contributed by atoms with Crippen LogP contribution in [-0.4, -0.2) is 27.8 Å². The van der Waals surface area contributed by atoms with Crippen molar-refractivity contribution in [2.45, 2.75) is 33.2 Å². The Bertz CT molecular complexity index is 854. The van der Waals surface area contributed by atoms with E-state index in [-0.39, 0.29) is 12.3 Å². The number of ether oxygens (including phenoxy) is 1. The zero-order valence-electron chi connectivity index (χ0n) is 14.7. The monoisotopic (exact) mass is 356 g/mol. The third-order valence-electron chi connectivity index (χ3n) is 3.59. The minimum atomic E-state index is -0.125. The number of nitrogens with zero attached hydrogens (tertiary/aromatic N) is 3. The van der Waals surface area contributed by atoms with Crippen LogP contribution in [0.3, 0.4) is 0 Å². The number of rotatable bonds is 8. The van der Waals surface area contributed by atoms with Gasteiger partial charge in [0.2, 0.25) is 17.6 Å². The highest BCUT2D eigenvalue weighted by atomic mass is 16.5. The van der Waals surface area contributed by atoms with Gasteiger partial charge in [0.1, 0.15) is 5.75 Å². The van der Waals surface area contributed by atoms with Crippen molar-refractivity contribution in [3.8, 4) is 17.1 Å². The van der Waals surface area contributed by atoms with Crippen LogP contribution in [0.5, 0.6) is 5.75 Å². The number of carbonyl (C=O) groups excluding carboxylic acids is 1. The van der Waals surface area contributed by atoms with E-state index in [1.54, 1.807) is 6.07 Å². The number of nitrogens with one attached hydrogen (secondary N) is 1. The van der Waals surface area contributed by atoms with Gasteiger partial charge in [0, 0.05) is 24.5 Å². The lowest BCUT2D eigenvalue weighted by molar-refractivity contribution is -0.121. The Morgan fingerprint density at radius 1 is 1.19 bits per heavy atom. The van der Waals surface area contributed by atoms with Crippen LogP contribution < -0.4 is 10.1 Å². The van der Waals surface area contributed by atoms with Crippen LogP contribution in [0.1, 0.15) is 30.7 Å². The van der Waals surface area contributed by atoms with Crippen molar-refractivity contribution in [1.29, 1.82) is 0 Å². The molecule has 0 fully saturated rings. The lowest BCUT2D eigenvalue weighted by atomic mass is 10.2. The minimum Gasteiger partial charge on any atom is -0.494 e. The fraction of sp³-hybridized carbons (Fsp3) is 0.333. The van der Waals surface area contributed by atoms with Gasteiger partial charge in [-0.2, -0.15) is 4.98 Å². The van der Waals surface area contributed by atoms with Gasteiger partial charge >= 0.3 is 0 Å². The molecule has 0 unspecified atom stereocenters. The molecule has 0 saturated carbocycles. The molecule has 3 rings (SSSR count). The molecule has 3 aromatic rings. The lowest BCUT2D eigenvalue weighted by Gasteiger charge is -2.02. The Hall–Kier alpha value is -3.16. The van der Waals surface area contributed by atoms with Crippen molar-refractivity contribution in [3.05, 3.63) is 47.7 Å². The number of aryl methyl sites for hydroxylation is 2. The van der Waals surface area contributed by atoms with Gasteiger partial charge in [-0.05, 0) is 38.1 Å². The molecule has 2 heterocycles. The van der Waals surface area contributed by atoms with Crippen molar-refractivity contribution in [2.75, 3.05) is 6.61 Å². The van der Waals surface area contributed by atoms with Crippen LogP contribution in [0, 0.1) is 6.92 Å². The molecule has 136 valence electrons. The summed E-state index contributed by atoms with van der Waals surface area (Å²) in [5, 5.41) is 10.5. The first kappa shape index (κ1) is 17.7. The predicted octanol–water partition coefficient (Wildman–Crippen LogP) is 2.68. The van der Waals surface area contributed by atoms with Gasteiger partial charge < -0.3 is 19.1 Å². The first-order valence-corrected chi connectivity index (χ1v) is 8.38. The summed E-state index contributed by atoms with van der Waals surface area (Å²) in [5.41, 5.74) is 1.61. The number of hydrogen-bond acceptors (Lipinski definition) is 7. The van der Waals surface area contributed by atoms with E-state index in [1.165, 1.54) is 0 Å². The number of hydrogen-bond donors (Lipinski definition) is 1. The number of carbonyl (C=O) groups is 1. The Labute approximate surface area is 150 Å². The van der Waals surface area contributed by atoms with Gasteiger partial charge in [-0.25, -0.2) is 0 Å². The zero-order chi connectivity index (χ0) is 18.4. The van der Waals surface area contributed by atoms with E-state index in [0.29, 0.717) is 37.0 Å². The van der Waals surface area contributed by atoms with Crippen LogP contribution in [0.4, 0.5) is 0 Å². The van der Waals surface area contributed by atoms with Crippen molar-refractivity contribution < 1.29 is 18.6 Å². The smallest absolute Gasteiger partial charge is 0.227 e. The Morgan fingerprint density at radius 2 is 2.00 bits per heavy atom. The molecule has 2 aromatic heterocycles. The summed E-state index contributed by atoms with van der Waals surface area (Å²) in [6.45, 7) is 4.68. The average molecular weight is 356 g/mol. The molecule has 0 aliphatic carbocycles. The second kappa shape index (κ2) is 8.28. The molecular weight excluding hydrogens is 336 g/mol. The number of benzene rings is 1. The van der Waals surface area contributed by atoms with Crippen LogP contribution in [-0.2, 0) is 17.8 Å². The van der Waals surface area contributed by atoms with Crippen LogP contribution in [0.2, 0.25) is 0 Å². The fourth-order valence-electron chi connectivity index (χ4n) is 2.33. The maximum atomic E-state index is 11.9. The number of aromatic nitrogens is 3. The summed E-state index contributed by atoms with van der Waals surface area (Å²) in [4.78, 5) is 16.2. The van der Waals surface area contributed by atoms with E-state index in [2.05, 4.69) is 20.6 Å². The molecule has 8 nitrogen and oxygen atoms in total. The van der Waals surface area contributed by atoms with Gasteiger partial charge in [0.15, 0.2) is 5.76 Å². The van der Waals surface area contributed by atoms with Crippen molar-refractivity contribution in [3.63, 3.8) is 0 Å². The molecule has 1 amide bonds. The molecule has 0 atom stereocenters. The van der Waals surface area contributed by atoms with Crippen LogP contribution in [0.15, 0.2) is 39.4 Å². The zero-order valence-corrected chi connectivity index (χ0v) is 14.7. The van der Waals surface area contributed by atoms with Gasteiger partial charge in [-0.15, -0.1) is 0 Å². The molecule has 26 heavy (non-hydrogen) atoms. The average Bonchev–Trinajstić information content (AvgIpc) is 3.28. The summed E-state index contributed by atoms with van der Waals surface area (Å²) in [6, 6.07) is 9.22. The fourth-order valence-corrected chi connectivity index (χ4v) is 2.33. The topological polar surface area (TPSA) is 103 Å². The molecule has 8 heteroatoms. The Morgan fingerprint density at radius 3 is 2.69 bits per heavy atom. The molecular formula is C18H20N4O4. The molecule has 0 aliphatic heterocycles. The van der Waals surface area contributed by atoms with E-state index in [0.717, 1.165) is 17.0 Å². The van der Waals surface area contributed by atoms with Gasteiger partial charge in [0.05, 0.1) is 18.8 Å². The Kier molecular flexibility index (Phi) is 5.62. The third kappa shape index (κ3) is 4.69.